The first kappa shape index (κ1) is 17.8. The second-order valence-corrected chi connectivity index (χ2v) is 6.76. The van der Waals surface area contributed by atoms with Gasteiger partial charge in [-0.25, -0.2) is 0 Å². The van der Waals surface area contributed by atoms with Crippen LogP contribution in [-0.2, 0) is 4.79 Å². The molecule has 1 aliphatic rings. The molecule has 1 aliphatic heterocycles. The lowest BCUT2D eigenvalue weighted by molar-refractivity contribution is -0.145. The van der Waals surface area contributed by atoms with Gasteiger partial charge in [0.25, 0.3) is 0 Å². The molecular formula is C20H22ClNO3. The molecule has 0 radical (unpaired) electrons. The van der Waals surface area contributed by atoms with E-state index in [-0.39, 0.29) is 6.04 Å². The van der Waals surface area contributed by atoms with Gasteiger partial charge in [0.05, 0.1) is 13.2 Å². The van der Waals surface area contributed by atoms with Gasteiger partial charge >= 0.3 is 5.97 Å². The first-order chi connectivity index (χ1) is 12.1. The van der Waals surface area contributed by atoms with Crippen LogP contribution in [0.4, 0.5) is 0 Å². The molecule has 0 saturated carbocycles. The van der Waals surface area contributed by atoms with Gasteiger partial charge in [-0.2, -0.15) is 0 Å². The normalized spacial score (nSPS) is 19.4. The highest BCUT2D eigenvalue weighted by molar-refractivity contribution is 6.30. The average Bonchev–Trinajstić information content (AvgIpc) is 2.62. The summed E-state index contributed by atoms with van der Waals surface area (Å²) in [6.07, 6.45) is 2.59. The fourth-order valence-electron chi connectivity index (χ4n) is 3.59. The van der Waals surface area contributed by atoms with Crippen molar-refractivity contribution in [2.24, 2.45) is 0 Å². The van der Waals surface area contributed by atoms with Gasteiger partial charge in [0, 0.05) is 5.02 Å². The molecule has 2 unspecified atom stereocenters. The molecule has 2 aromatic rings. The van der Waals surface area contributed by atoms with Gasteiger partial charge in [-0.1, -0.05) is 42.3 Å². The number of carbonyl (C=O) groups is 1. The molecule has 132 valence electrons. The van der Waals surface area contributed by atoms with Crippen molar-refractivity contribution in [2.75, 3.05) is 13.7 Å². The number of rotatable bonds is 5. The number of aliphatic carboxylic acids is 1. The lowest BCUT2D eigenvalue weighted by Gasteiger charge is -2.39. The maximum absolute atomic E-state index is 11.8. The minimum Gasteiger partial charge on any atom is -0.497 e. The molecule has 0 aliphatic carbocycles. The lowest BCUT2D eigenvalue weighted by atomic mass is 9.91. The molecule has 0 amide bonds. The maximum Gasteiger partial charge on any atom is 0.320 e. The molecule has 2 atom stereocenters. The Morgan fingerprint density at radius 1 is 1.20 bits per heavy atom. The van der Waals surface area contributed by atoms with Crippen LogP contribution >= 0.6 is 11.6 Å². The van der Waals surface area contributed by atoms with Crippen molar-refractivity contribution in [3.8, 4) is 5.75 Å². The highest BCUT2D eigenvalue weighted by atomic mass is 35.5. The van der Waals surface area contributed by atoms with Crippen LogP contribution in [0, 0.1) is 0 Å². The first-order valence-corrected chi connectivity index (χ1v) is 8.86. The fourth-order valence-corrected chi connectivity index (χ4v) is 3.79. The van der Waals surface area contributed by atoms with E-state index in [0.29, 0.717) is 11.4 Å². The number of piperidine rings is 1. The third-order valence-corrected chi connectivity index (χ3v) is 4.97. The molecule has 1 N–H and O–H groups in total. The van der Waals surface area contributed by atoms with E-state index >= 15 is 0 Å². The van der Waals surface area contributed by atoms with Crippen molar-refractivity contribution >= 4 is 17.6 Å². The molecule has 2 aromatic carbocycles. The molecule has 0 spiro atoms. The largest absolute Gasteiger partial charge is 0.497 e. The molecule has 1 fully saturated rings. The Balaban J connectivity index is 2.09. The Kier molecular flexibility index (Phi) is 5.61. The Bertz CT molecular complexity index is 749. The average molecular weight is 360 g/mol. The number of ether oxygens (including phenoxy) is 1. The molecule has 3 rings (SSSR count). The number of nitrogens with zero attached hydrogens (tertiary/aromatic N) is 1. The molecule has 25 heavy (non-hydrogen) atoms. The Morgan fingerprint density at radius 3 is 2.60 bits per heavy atom. The predicted molar refractivity (Wildman–Crippen MR) is 98.3 cm³/mol. The molecule has 1 heterocycles. The summed E-state index contributed by atoms with van der Waals surface area (Å²) >= 11 is 6.21. The SMILES string of the molecule is COc1cccc(C(c2cccc(Cl)c2)N2CCCCC2C(=O)O)c1. The number of likely N-dealkylation sites (tertiary alicyclic amines) is 1. The van der Waals surface area contributed by atoms with Gasteiger partial charge in [0.15, 0.2) is 0 Å². The van der Waals surface area contributed by atoms with Crippen molar-refractivity contribution in [3.05, 3.63) is 64.7 Å². The zero-order valence-electron chi connectivity index (χ0n) is 14.2. The summed E-state index contributed by atoms with van der Waals surface area (Å²) in [5.41, 5.74) is 2.00. The Hall–Kier alpha value is -2.04. The molecule has 0 aromatic heterocycles. The molecule has 0 bridgehead atoms. The molecular weight excluding hydrogens is 338 g/mol. The molecule has 1 saturated heterocycles. The summed E-state index contributed by atoms with van der Waals surface area (Å²) in [5, 5.41) is 10.4. The quantitative estimate of drug-likeness (QED) is 0.860. The lowest BCUT2D eigenvalue weighted by Crippen LogP contribution is -2.46. The third-order valence-electron chi connectivity index (χ3n) is 4.73. The zero-order chi connectivity index (χ0) is 17.8. The van der Waals surface area contributed by atoms with Gasteiger partial charge in [0.2, 0.25) is 0 Å². The van der Waals surface area contributed by atoms with E-state index in [1.165, 1.54) is 0 Å². The maximum atomic E-state index is 11.8. The van der Waals surface area contributed by atoms with E-state index in [1.54, 1.807) is 7.11 Å². The van der Waals surface area contributed by atoms with Gasteiger partial charge in [0.1, 0.15) is 11.8 Å². The monoisotopic (exact) mass is 359 g/mol. The van der Waals surface area contributed by atoms with Gasteiger partial charge in [-0.15, -0.1) is 0 Å². The van der Waals surface area contributed by atoms with Gasteiger partial charge < -0.3 is 9.84 Å². The standard InChI is InChI=1S/C20H22ClNO3/c1-25-17-9-5-7-15(13-17)19(14-6-4-8-16(21)12-14)22-11-3-2-10-18(22)20(23)24/h4-9,12-13,18-19H,2-3,10-11H2,1H3,(H,23,24). The second kappa shape index (κ2) is 7.89. The summed E-state index contributed by atoms with van der Waals surface area (Å²) < 4.78 is 5.37. The van der Waals surface area contributed by atoms with E-state index in [2.05, 4.69) is 4.90 Å². The minimum absolute atomic E-state index is 0.171. The van der Waals surface area contributed by atoms with Crippen LogP contribution < -0.4 is 4.74 Å². The predicted octanol–water partition coefficient (Wildman–Crippen LogP) is 4.38. The van der Waals surface area contributed by atoms with Crippen molar-refractivity contribution in [1.29, 1.82) is 0 Å². The summed E-state index contributed by atoms with van der Waals surface area (Å²) in [7, 11) is 1.63. The number of halogens is 1. The molecule has 4 nitrogen and oxygen atoms in total. The van der Waals surface area contributed by atoms with Crippen molar-refractivity contribution in [3.63, 3.8) is 0 Å². The Labute approximate surface area is 153 Å². The number of carboxylic acid groups (broad SMARTS) is 1. The van der Waals surface area contributed by atoms with Crippen LogP contribution in [-0.4, -0.2) is 35.7 Å². The van der Waals surface area contributed by atoms with Crippen molar-refractivity contribution in [2.45, 2.75) is 31.3 Å². The molecule has 5 heteroatoms. The number of hydrogen-bond acceptors (Lipinski definition) is 3. The van der Waals surface area contributed by atoms with Crippen LogP contribution in [0.2, 0.25) is 5.02 Å². The number of methoxy groups -OCH3 is 1. The number of benzene rings is 2. The smallest absolute Gasteiger partial charge is 0.320 e. The van der Waals surface area contributed by atoms with Crippen molar-refractivity contribution in [1.82, 2.24) is 4.90 Å². The summed E-state index contributed by atoms with van der Waals surface area (Å²) in [5.74, 6) is -0.0111. The second-order valence-electron chi connectivity index (χ2n) is 6.32. The number of hydrogen-bond donors (Lipinski definition) is 1. The highest BCUT2D eigenvalue weighted by Gasteiger charge is 2.35. The third kappa shape index (κ3) is 3.97. The summed E-state index contributed by atoms with van der Waals surface area (Å²) in [4.78, 5) is 13.9. The van der Waals surface area contributed by atoms with Crippen LogP contribution in [0.15, 0.2) is 48.5 Å². The van der Waals surface area contributed by atoms with E-state index in [0.717, 1.165) is 36.3 Å². The van der Waals surface area contributed by atoms with Crippen LogP contribution in [0.5, 0.6) is 5.75 Å². The topological polar surface area (TPSA) is 49.8 Å². The minimum atomic E-state index is -0.769. The van der Waals surface area contributed by atoms with Crippen LogP contribution in [0.3, 0.4) is 0 Å². The summed E-state index contributed by atoms with van der Waals surface area (Å²) in [6, 6.07) is 14.8. The first-order valence-electron chi connectivity index (χ1n) is 8.48. The van der Waals surface area contributed by atoms with E-state index in [9.17, 15) is 9.90 Å². The number of carboxylic acids is 1. The van der Waals surface area contributed by atoms with E-state index < -0.39 is 12.0 Å². The van der Waals surface area contributed by atoms with E-state index in [1.807, 2.05) is 48.5 Å². The van der Waals surface area contributed by atoms with Crippen molar-refractivity contribution < 1.29 is 14.6 Å². The van der Waals surface area contributed by atoms with Crippen LogP contribution in [0.25, 0.3) is 0 Å². The van der Waals surface area contributed by atoms with Crippen LogP contribution in [0.1, 0.15) is 36.4 Å². The summed E-state index contributed by atoms with van der Waals surface area (Å²) in [6.45, 7) is 0.741. The van der Waals surface area contributed by atoms with Gasteiger partial charge in [-0.05, 0) is 54.8 Å². The zero-order valence-corrected chi connectivity index (χ0v) is 14.9. The fraction of sp³-hybridized carbons (Fsp3) is 0.350. The van der Waals surface area contributed by atoms with Gasteiger partial charge in [-0.3, -0.25) is 9.69 Å². The highest BCUT2D eigenvalue weighted by Crippen LogP contribution is 2.36. The van der Waals surface area contributed by atoms with E-state index in [4.69, 9.17) is 16.3 Å². The Morgan fingerprint density at radius 2 is 1.92 bits per heavy atom.